The Labute approximate surface area is 140 Å². The minimum atomic E-state index is -0.726. The van der Waals surface area contributed by atoms with Gasteiger partial charge in [0, 0.05) is 0 Å². The number of rotatable bonds is 3. The van der Waals surface area contributed by atoms with Crippen molar-refractivity contribution in [3.8, 4) is 0 Å². The molecule has 3 saturated carbocycles. The normalized spacial score (nSPS) is 28.6. The Morgan fingerprint density at radius 2 is 0.700 bits per heavy atom. The average molecular weight is 407 g/mol. The van der Waals surface area contributed by atoms with Crippen LogP contribution in [0, 0.1) is 0 Å². The van der Waals surface area contributed by atoms with E-state index in [-0.39, 0.29) is 0 Å². The summed E-state index contributed by atoms with van der Waals surface area (Å²) in [6, 6.07) is 0. The zero-order chi connectivity index (χ0) is 13.8. The topological polar surface area (TPSA) is 0 Å². The van der Waals surface area contributed by atoms with Crippen LogP contribution in [-0.2, 0) is 0 Å². The summed E-state index contributed by atoms with van der Waals surface area (Å²) in [7, 11) is 0. The van der Waals surface area contributed by atoms with Crippen molar-refractivity contribution in [2.24, 2.45) is 0 Å². The van der Waals surface area contributed by atoms with E-state index < -0.39 is 4.90 Å². The minimum absolute atomic E-state index is 0.726. The predicted molar refractivity (Wildman–Crippen MR) is 102 cm³/mol. The van der Waals surface area contributed by atoms with E-state index in [9.17, 15) is 0 Å². The lowest BCUT2D eigenvalue weighted by Crippen LogP contribution is -2.32. The Bertz CT molecular complexity index is 240. The molecule has 3 rings (SSSR count). The van der Waals surface area contributed by atoms with Gasteiger partial charge in [-0.2, -0.15) is 0 Å². The lowest BCUT2D eigenvalue weighted by atomic mass is 9.99. The molecular formula is C18H33IP+. The van der Waals surface area contributed by atoms with Gasteiger partial charge < -0.3 is 0 Å². The molecule has 0 saturated heterocycles. The maximum Gasteiger partial charge on any atom is 0.155 e. The highest BCUT2D eigenvalue weighted by molar-refractivity contribution is 14.2. The second-order valence-corrected chi connectivity index (χ2v) is 16.3. The molecule has 0 aliphatic heterocycles. The minimum Gasteiger partial charge on any atom is -0.0530 e. The molecule has 0 unspecified atom stereocenters. The fraction of sp³-hybridized carbons (Fsp3) is 1.00. The van der Waals surface area contributed by atoms with Gasteiger partial charge in [0.25, 0.3) is 0 Å². The van der Waals surface area contributed by atoms with Crippen molar-refractivity contribution >= 4 is 26.9 Å². The zero-order valence-corrected chi connectivity index (χ0v) is 16.2. The van der Waals surface area contributed by atoms with Crippen molar-refractivity contribution in [1.82, 2.24) is 0 Å². The Hall–Kier alpha value is 1.16. The van der Waals surface area contributed by atoms with Gasteiger partial charge in [-0.3, -0.25) is 0 Å². The standard InChI is InChI=1S/C18H33IP/c19-20(16-10-4-1-5-11-16,17-12-6-2-7-13-17)18-14-8-3-9-15-18/h16-18H,1-15H2/q+1. The van der Waals surface area contributed by atoms with Crippen LogP contribution in [0.5, 0.6) is 0 Å². The molecule has 0 nitrogen and oxygen atoms in total. The monoisotopic (exact) mass is 407 g/mol. The number of hydrogen-bond donors (Lipinski definition) is 0. The van der Waals surface area contributed by atoms with Crippen LogP contribution in [0.3, 0.4) is 0 Å². The van der Waals surface area contributed by atoms with Crippen LogP contribution in [0.2, 0.25) is 0 Å². The van der Waals surface area contributed by atoms with Gasteiger partial charge in [-0.05, 0) is 77.0 Å². The third kappa shape index (κ3) is 3.39. The van der Waals surface area contributed by atoms with E-state index in [4.69, 9.17) is 0 Å². The molecule has 3 aliphatic carbocycles. The molecule has 3 aliphatic rings. The maximum atomic E-state index is 3.14. The summed E-state index contributed by atoms with van der Waals surface area (Å²) in [4.78, 5) is -0.726. The first-order chi connectivity index (χ1) is 9.82. The molecule has 2 heteroatoms. The number of hydrogen-bond acceptors (Lipinski definition) is 0. The van der Waals surface area contributed by atoms with Crippen LogP contribution in [0.4, 0.5) is 0 Å². The van der Waals surface area contributed by atoms with Crippen LogP contribution >= 0.6 is 26.9 Å². The van der Waals surface area contributed by atoms with E-state index in [0.717, 1.165) is 0 Å². The lowest BCUT2D eigenvalue weighted by Gasteiger charge is -2.44. The van der Waals surface area contributed by atoms with Gasteiger partial charge in [-0.15, -0.1) is 0 Å². The first-order valence-corrected chi connectivity index (χ1v) is 14.2. The molecule has 116 valence electrons. The Kier molecular flexibility index (Phi) is 6.11. The molecule has 0 N–H and O–H groups in total. The summed E-state index contributed by atoms with van der Waals surface area (Å²) in [6.45, 7) is 0. The molecule has 0 heterocycles. The second-order valence-electron chi connectivity index (χ2n) is 7.62. The molecule has 0 bridgehead atoms. The summed E-state index contributed by atoms with van der Waals surface area (Å²) in [5, 5.41) is 0. The van der Waals surface area contributed by atoms with Crippen LogP contribution in [0.15, 0.2) is 0 Å². The van der Waals surface area contributed by atoms with Crippen molar-refractivity contribution in [2.75, 3.05) is 0 Å². The van der Waals surface area contributed by atoms with E-state index >= 15 is 0 Å². The highest BCUT2D eigenvalue weighted by atomic mass is 127. The van der Waals surface area contributed by atoms with Gasteiger partial charge in [-0.25, -0.2) is 0 Å². The van der Waals surface area contributed by atoms with Crippen molar-refractivity contribution in [2.45, 2.75) is 113 Å². The zero-order valence-electron chi connectivity index (χ0n) is 13.2. The van der Waals surface area contributed by atoms with Gasteiger partial charge in [0.1, 0.15) is 0 Å². The first-order valence-electron chi connectivity index (χ1n) is 9.39. The smallest absolute Gasteiger partial charge is 0.0530 e. The van der Waals surface area contributed by atoms with E-state index in [1.807, 2.05) is 0 Å². The largest absolute Gasteiger partial charge is 0.155 e. The predicted octanol–water partition coefficient (Wildman–Crippen LogP) is 7.35. The molecule has 0 aromatic rings. The van der Waals surface area contributed by atoms with Gasteiger partial charge in [0.2, 0.25) is 0 Å². The van der Waals surface area contributed by atoms with Crippen molar-refractivity contribution in [3.05, 3.63) is 0 Å². The molecule has 0 radical (unpaired) electrons. The van der Waals surface area contributed by atoms with Crippen LogP contribution in [0.1, 0.15) is 96.3 Å². The third-order valence-electron chi connectivity index (χ3n) is 6.40. The fourth-order valence-electron chi connectivity index (χ4n) is 5.32. The van der Waals surface area contributed by atoms with Gasteiger partial charge in [0.15, 0.2) is 22.0 Å². The lowest BCUT2D eigenvalue weighted by molar-refractivity contribution is 0.459. The van der Waals surface area contributed by atoms with E-state index in [1.54, 1.807) is 77.0 Å². The molecule has 0 aromatic carbocycles. The van der Waals surface area contributed by atoms with Crippen LogP contribution in [0.25, 0.3) is 0 Å². The highest BCUT2D eigenvalue weighted by Crippen LogP contribution is 2.82. The summed E-state index contributed by atoms with van der Waals surface area (Å²) < 4.78 is 0. The molecule has 0 atom stereocenters. The summed E-state index contributed by atoms with van der Waals surface area (Å²) in [6.07, 6.45) is 23.5. The van der Waals surface area contributed by atoms with Crippen LogP contribution in [-0.4, -0.2) is 17.0 Å². The average Bonchev–Trinajstić information content (AvgIpc) is 2.56. The first kappa shape index (κ1) is 16.0. The second kappa shape index (κ2) is 7.62. The SMILES string of the molecule is I[P+](C1CCCCC1)(C1CCCCC1)C1CCCCC1. The van der Waals surface area contributed by atoms with Gasteiger partial charge in [0.05, 0.1) is 21.9 Å². The Morgan fingerprint density at radius 1 is 0.450 bits per heavy atom. The third-order valence-corrected chi connectivity index (χ3v) is 18.4. The molecule has 20 heavy (non-hydrogen) atoms. The molecule has 0 spiro atoms. The molecular weight excluding hydrogens is 374 g/mol. The number of halogens is 1. The molecule has 3 fully saturated rings. The Balaban J connectivity index is 1.79. The van der Waals surface area contributed by atoms with Crippen molar-refractivity contribution < 1.29 is 0 Å². The van der Waals surface area contributed by atoms with Gasteiger partial charge >= 0.3 is 0 Å². The van der Waals surface area contributed by atoms with Crippen molar-refractivity contribution in [3.63, 3.8) is 0 Å². The molecule has 0 aromatic heterocycles. The quantitative estimate of drug-likeness (QED) is 0.339. The van der Waals surface area contributed by atoms with E-state index in [0.29, 0.717) is 0 Å². The fourth-order valence-corrected chi connectivity index (χ4v) is 15.6. The van der Waals surface area contributed by atoms with Crippen LogP contribution < -0.4 is 0 Å². The van der Waals surface area contributed by atoms with Crippen molar-refractivity contribution in [1.29, 1.82) is 0 Å². The maximum absolute atomic E-state index is 3.14. The summed E-state index contributed by atoms with van der Waals surface area (Å²) in [5.74, 6) is 0. The summed E-state index contributed by atoms with van der Waals surface area (Å²) in [5.41, 5.74) is 3.51. The molecule has 0 amide bonds. The van der Waals surface area contributed by atoms with Gasteiger partial charge in [-0.1, -0.05) is 19.3 Å². The Morgan fingerprint density at radius 3 is 0.950 bits per heavy atom. The highest BCUT2D eigenvalue weighted by Gasteiger charge is 2.55. The summed E-state index contributed by atoms with van der Waals surface area (Å²) >= 11 is 3.14. The van der Waals surface area contributed by atoms with E-state index in [2.05, 4.69) is 22.0 Å². The van der Waals surface area contributed by atoms with E-state index in [1.165, 1.54) is 36.2 Å².